The predicted molar refractivity (Wildman–Crippen MR) is 104 cm³/mol. The first kappa shape index (κ1) is 19.2. The molecule has 0 bridgehead atoms. The molecule has 2 aromatic heterocycles. The molecule has 0 spiro atoms. The maximum Gasteiger partial charge on any atom is 0.231 e. The summed E-state index contributed by atoms with van der Waals surface area (Å²) in [6.07, 6.45) is 9.80. The summed E-state index contributed by atoms with van der Waals surface area (Å²) in [4.78, 5) is 21.6. The highest BCUT2D eigenvalue weighted by Gasteiger charge is 2.41. The molecule has 0 aliphatic heterocycles. The quantitative estimate of drug-likeness (QED) is 0.470. The summed E-state index contributed by atoms with van der Waals surface area (Å²) < 4.78 is 11.5. The Morgan fingerprint density at radius 3 is 2.78 bits per heavy atom. The van der Waals surface area contributed by atoms with Crippen molar-refractivity contribution in [3.8, 4) is 0 Å². The number of carbonyl (C=O) groups is 1. The van der Waals surface area contributed by atoms with Crippen LogP contribution in [0.3, 0.4) is 0 Å². The number of rotatable bonds is 10. The molecule has 0 N–H and O–H groups in total. The number of pyridine rings is 1. The Kier molecular flexibility index (Phi) is 6.35. The summed E-state index contributed by atoms with van der Waals surface area (Å²) >= 11 is 0. The van der Waals surface area contributed by atoms with Gasteiger partial charge in [0.15, 0.2) is 5.60 Å². The van der Waals surface area contributed by atoms with Crippen LogP contribution in [0.1, 0.15) is 56.9 Å². The maximum absolute atomic E-state index is 12.7. The number of ketones is 1. The molecule has 0 aliphatic carbocycles. The average molecular weight is 366 g/mol. The van der Waals surface area contributed by atoms with E-state index < -0.39 is 5.60 Å². The molecule has 0 radical (unpaired) electrons. The van der Waals surface area contributed by atoms with E-state index in [0.29, 0.717) is 12.3 Å². The van der Waals surface area contributed by atoms with Gasteiger partial charge in [0.1, 0.15) is 12.0 Å². The first-order valence-corrected chi connectivity index (χ1v) is 9.51. The van der Waals surface area contributed by atoms with Gasteiger partial charge in [-0.15, -0.1) is 0 Å². The minimum atomic E-state index is -1.07. The van der Waals surface area contributed by atoms with E-state index in [2.05, 4.69) is 16.9 Å². The smallest absolute Gasteiger partial charge is 0.231 e. The van der Waals surface area contributed by atoms with Crippen molar-refractivity contribution in [1.82, 2.24) is 9.97 Å². The third-order valence-corrected chi connectivity index (χ3v) is 4.94. The molecular formula is C22H26N2O3. The summed E-state index contributed by atoms with van der Waals surface area (Å²) in [5.74, 6) is 0.517. The molecule has 5 heteroatoms. The monoisotopic (exact) mass is 366 g/mol. The fourth-order valence-electron chi connectivity index (χ4n) is 3.41. The lowest BCUT2D eigenvalue weighted by atomic mass is 9.87. The van der Waals surface area contributed by atoms with E-state index in [1.54, 1.807) is 19.5 Å². The molecule has 0 aliphatic rings. The highest BCUT2D eigenvalue weighted by atomic mass is 16.5. The Morgan fingerprint density at radius 2 is 2.04 bits per heavy atom. The van der Waals surface area contributed by atoms with Crippen LogP contribution in [0.2, 0.25) is 0 Å². The molecule has 27 heavy (non-hydrogen) atoms. The molecule has 1 aromatic carbocycles. The van der Waals surface area contributed by atoms with E-state index >= 15 is 0 Å². The Hall–Kier alpha value is -2.53. The van der Waals surface area contributed by atoms with Gasteiger partial charge in [-0.3, -0.25) is 9.78 Å². The number of carbonyl (C=O) groups excluding carboxylic acids is 1. The normalized spacial score (nSPS) is 13.6. The van der Waals surface area contributed by atoms with Gasteiger partial charge in [0, 0.05) is 37.1 Å². The number of para-hydroxylation sites is 1. The van der Waals surface area contributed by atoms with Crippen LogP contribution < -0.4 is 0 Å². The van der Waals surface area contributed by atoms with Crippen molar-refractivity contribution in [2.75, 3.05) is 7.11 Å². The lowest BCUT2D eigenvalue weighted by Crippen LogP contribution is -2.33. The fourth-order valence-corrected chi connectivity index (χ4v) is 3.41. The third-order valence-electron chi connectivity index (χ3n) is 4.94. The van der Waals surface area contributed by atoms with Gasteiger partial charge >= 0.3 is 0 Å². The molecule has 142 valence electrons. The maximum atomic E-state index is 12.7. The summed E-state index contributed by atoms with van der Waals surface area (Å²) in [6.45, 7) is 2.16. The van der Waals surface area contributed by atoms with Crippen molar-refractivity contribution in [2.45, 2.75) is 51.0 Å². The van der Waals surface area contributed by atoms with Crippen LogP contribution in [0.4, 0.5) is 0 Å². The number of unbranched alkanes of at least 4 members (excludes halogenated alkanes) is 3. The molecule has 0 fully saturated rings. The van der Waals surface area contributed by atoms with Crippen molar-refractivity contribution in [1.29, 1.82) is 0 Å². The van der Waals surface area contributed by atoms with Gasteiger partial charge < -0.3 is 9.15 Å². The van der Waals surface area contributed by atoms with Crippen molar-refractivity contribution >= 4 is 16.7 Å². The van der Waals surface area contributed by atoms with Gasteiger partial charge in [-0.2, -0.15) is 0 Å². The summed E-state index contributed by atoms with van der Waals surface area (Å²) in [7, 11) is 1.59. The molecule has 0 saturated carbocycles. The number of aromatic nitrogens is 2. The zero-order valence-electron chi connectivity index (χ0n) is 16.0. The highest BCUT2D eigenvalue weighted by Crippen LogP contribution is 2.37. The van der Waals surface area contributed by atoms with Crippen molar-refractivity contribution < 1.29 is 13.9 Å². The van der Waals surface area contributed by atoms with Gasteiger partial charge in [-0.25, -0.2) is 4.98 Å². The molecule has 1 atom stereocenters. The third kappa shape index (κ3) is 4.25. The van der Waals surface area contributed by atoms with E-state index in [1.165, 1.54) is 6.26 Å². The van der Waals surface area contributed by atoms with Gasteiger partial charge in [0.25, 0.3) is 0 Å². The van der Waals surface area contributed by atoms with E-state index in [9.17, 15) is 4.79 Å². The van der Waals surface area contributed by atoms with Crippen LogP contribution in [0.25, 0.3) is 10.9 Å². The first-order chi connectivity index (χ1) is 13.2. The van der Waals surface area contributed by atoms with Gasteiger partial charge in [-0.1, -0.05) is 44.4 Å². The zero-order valence-corrected chi connectivity index (χ0v) is 16.0. The number of fused-ring (bicyclic) bond motifs is 1. The zero-order chi connectivity index (χ0) is 19.1. The number of benzene rings is 1. The standard InChI is InChI=1S/C22H26N2O3/c1-3-4-5-6-10-19(25)15-22(26-2,21-23-12-13-27-21)18-14-17-9-7-8-11-20(17)24-16-18/h7-9,11-14,16H,3-6,10,15H2,1-2H3. The van der Waals surface area contributed by atoms with Gasteiger partial charge in [0.2, 0.25) is 5.89 Å². The number of nitrogens with zero attached hydrogens (tertiary/aromatic N) is 2. The second-order valence-corrected chi connectivity index (χ2v) is 6.81. The van der Waals surface area contributed by atoms with E-state index in [4.69, 9.17) is 9.15 Å². The number of ether oxygens (including phenoxy) is 1. The van der Waals surface area contributed by atoms with Gasteiger partial charge in [0.05, 0.1) is 11.7 Å². The second-order valence-electron chi connectivity index (χ2n) is 6.81. The van der Waals surface area contributed by atoms with Crippen LogP contribution in [0, 0.1) is 0 Å². The molecule has 5 nitrogen and oxygen atoms in total. The molecule has 3 rings (SSSR count). The highest BCUT2D eigenvalue weighted by molar-refractivity contribution is 5.82. The second kappa shape index (κ2) is 8.91. The molecule has 0 saturated heterocycles. The lowest BCUT2D eigenvalue weighted by Gasteiger charge is -2.29. The van der Waals surface area contributed by atoms with Gasteiger partial charge in [-0.05, 0) is 18.6 Å². The lowest BCUT2D eigenvalue weighted by molar-refractivity contribution is -0.125. The summed E-state index contributed by atoms with van der Waals surface area (Å²) in [6, 6.07) is 9.87. The van der Waals surface area contributed by atoms with E-state index in [0.717, 1.165) is 42.1 Å². The Labute approximate surface area is 159 Å². The van der Waals surface area contributed by atoms with Crippen LogP contribution >= 0.6 is 0 Å². The summed E-state index contributed by atoms with van der Waals surface area (Å²) in [5.41, 5.74) is 0.597. The average Bonchev–Trinajstić information content (AvgIpc) is 3.24. The Morgan fingerprint density at radius 1 is 1.19 bits per heavy atom. The predicted octanol–water partition coefficient (Wildman–Crippen LogP) is 5.04. The number of hydrogen-bond acceptors (Lipinski definition) is 5. The SMILES string of the molecule is CCCCCCC(=O)CC(OC)(c1cnc2ccccc2c1)c1ncco1. The van der Waals surface area contributed by atoms with E-state index in [-0.39, 0.29) is 12.2 Å². The largest absolute Gasteiger partial charge is 0.446 e. The molecule has 1 unspecified atom stereocenters. The number of oxazole rings is 1. The minimum absolute atomic E-state index is 0.138. The van der Waals surface area contributed by atoms with Crippen molar-refractivity contribution in [2.24, 2.45) is 0 Å². The van der Waals surface area contributed by atoms with Crippen molar-refractivity contribution in [3.63, 3.8) is 0 Å². The minimum Gasteiger partial charge on any atom is -0.446 e. The van der Waals surface area contributed by atoms with Crippen LogP contribution in [0.15, 0.2) is 53.4 Å². The fraction of sp³-hybridized carbons (Fsp3) is 0.409. The van der Waals surface area contributed by atoms with Crippen molar-refractivity contribution in [3.05, 3.63) is 60.4 Å². The molecule has 0 amide bonds. The Bertz CT molecular complexity index is 876. The molecule has 3 aromatic rings. The number of hydrogen-bond donors (Lipinski definition) is 0. The Balaban J connectivity index is 1.93. The van der Waals surface area contributed by atoms with Crippen LogP contribution in [0.5, 0.6) is 0 Å². The van der Waals surface area contributed by atoms with Crippen LogP contribution in [-0.4, -0.2) is 22.9 Å². The van der Waals surface area contributed by atoms with Crippen LogP contribution in [-0.2, 0) is 15.1 Å². The molecule has 2 heterocycles. The first-order valence-electron chi connectivity index (χ1n) is 9.51. The number of methoxy groups -OCH3 is 1. The topological polar surface area (TPSA) is 65.2 Å². The molecular weight excluding hydrogens is 340 g/mol. The summed E-state index contributed by atoms with van der Waals surface area (Å²) in [5, 5.41) is 0.985. The van der Waals surface area contributed by atoms with E-state index in [1.807, 2.05) is 30.3 Å². The number of Topliss-reactive ketones (excluding diaryl/α,β-unsaturated/α-hetero) is 1.